The van der Waals surface area contributed by atoms with E-state index in [2.05, 4.69) is 15.6 Å². The SMILES string of the molecule is CC[n+]1cc(NC(=O)CSC2=N/C(=C\c3c(F)cccc3Cl)C(=O)N2c2ccccc2)on1. The summed E-state index contributed by atoms with van der Waals surface area (Å²) >= 11 is 7.17. The Kier molecular flexibility index (Phi) is 6.85. The standard InChI is InChI=1S/C22H17ClFN5O3S/c1-2-28-12-20(32-27-28)26-19(30)13-33-22-25-18(11-15-16(23)9-6-10-17(15)24)21(31)29(22)14-7-4-3-5-8-14/h3-12H,2,13H2,1H3/p+1/b18-11-. The molecule has 2 heterocycles. The van der Waals surface area contributed by atoms with Crippen molar-refractivity contribution < 1.29 is 23.2 Å². The van der Waals surface area contributed by atoms with Crippen molar-refractivity contribution in [2.24, 2.45) is 4.99 Å². The first kappa shape index (κ1) is 22.7. The molecule has 4 rings (SSSR count). The number of aryl methyl sites for hydroxylation is 1. The van der Waals surface area contributed by atoms with E-state index >= 15 is 0 Å². The number of thioether (sulfide) groups is 1. The third-order valence-corrected chi connectivity index (χ3v) is 5.82. The van der Waals surface area contributed by atoms with Gasteiger partial charge in [-0.05, 0) is 37.3 Å². The molecule has 0 saturated heterocycles. The molecule has 2 aromatic carbocycles. The van der Waals surface area contributed by atoms with Gasteiger partial charge in [0.05, 0.1) is 16.5 Å². The molecule has 1 aromatic heterocycles. The van der Waals surface area contributed by atoms with Crippen LogP contribution in [-0.4, -0.2) is 28.0 Å². The van der Waals surface area contributed by atoms with E-state index in [0.29, 0.717) is 12.2 Å². The Morgan fingerprint density at radius 2 is 2.06 bits per heavy atom. The number of aromatic nitrogens is 2. The number of halogens is 2. The molecule has 0 fully saturated rings. The van der Waals surface area contributed by atoms with Crippen LogP contribution >= 0.6 is 23.4 Å². The fraction of sp³-hybridized carbons (Fsp3) is 0.136. The van der Waals surface area contributed by atoms with Gasteiger partial charge in [0.25, 0.3) is 12.1 Å². The Bertz CT molecular complexity index is 1240. The molecule has 8 nitrogen and oxygen atoms in total. The largest absolute Gasteiger partial charge is 0.302 e. The van der Waals surface area contributed by atoms with E-state index < -0.39 is 11.7 Å². The molecule has 0 unspecified atom stereocenters. The summed E-state index contributed by atoms with van der Waals surface area (Å²) < 4.78 is 20.8. The first-order valence-corrected chi connectivity index (χ1v) is 11.3. The number of amidine groups is 1. The lowest BCUT2D eigenvalue weighted by molar-refractivity contribution is -0.759. The van der Waals surface area contributed by atoms with Crippen LogP contribution in [0.3, 0.4) is 0 Å². The van der Waals surface area contributed by atoms with Crippen LogP contribution < -0.4 is 14.9 Å². The molecule has 33 heavy (non-hydrogen) atoms. The van der Waals surface area contributed by atoms with E-state index in [1.54, 1.807) is 30.5 Å². The van der Waals surface area contributed by atoms with Crippen molar-refractivity contribution in [2.45, 2.75) is 13.5 Å². The third kappa shape index (κ3) is 5.12. The molecule has 1 aliphatic heterocycles. The van der Waals surface area contributed by atoms with Crippen LogP contribution in [-0.2, 0) is 16.1 Å². The van der Waals surface area contributed by atoms with Gasteiger partial charge < -0.3 is 0 Å². The highest BCUT2D eigenvalue weighted by atomic mass is 35.5. The monoisotopic (exact) mass is 486 g/mol. The zero-order chi connectivity index (χ0) is 23.4. The highest BCUT2D eigenvalue weighted by molar-refractivity contribution is 8.14. The predicted molar refractivity (Wildman–Crippen MR) is 124 cm³/mol. The Hall–Kier alpha value is -3.50. The minimum atomic E-state index is -0.568. The summed E-state index contributed by atoms with van der Waals surface area (Å²) in [6, 6.07) is 13.1. The van der Waals surface area contributed by atoms with Crippen molar-refractivity contribution in [1.29, 1.82) is 0 Å². The average Bonchev–Trinajstić information content (AvgIpc) is 3.39. The van der Waals surface area contributed by atoms with Gasteiger partial charge in [0.1, 0.15) is 11.5 Å². The van der Waals surface area contributed by atoms with Crippen LogP contribution in [0.4, 0.5) is 16.0 Å². The fourth-order valence-electron chi connectivity index (χ4n) is 2.97. The highest BCUT2D eigenvalue weighted by Crippen LogP contribution is 2.31. The number of amides is 2. The second kappa shape index (κ2) is 9.97. The first-order chi connectivity index (χ1) is 16.0. The van der Waals surface area contributed by atoms with Gasteiger partial charge in [0.2, 0.25) is 11.2 Å². The van der Waals surface area contributed by atoms with Gasteiger partial charge in [0.15, 0.2) is 11.7 Å². The Morgan fingerprint density at radius 1 is 1.27 bits per heavy atom. The number of carbonyl (C=O) groups is 2. The lowest BCUT2D eigenvalue weighted by Gasteiger charge is -2.17. The molecule has 3 aromatic rings. The van der Waals surface area contributed by atoms with Gasteiger partial charge in [-0.2, -0.15) is 0 Å². The molecule has 1 aliphatic rings. The van der Waals surface area contributed by atoms with E-state index in [0.717, 1.165) is 11.8 Å². The van der Waals surface area contributed by atoms with Crippen LogP contribution in [0.2, 0.25) is 5.02 Å². The second-order valence-corrected chi connectivity index (χ2v) is 8.14. The fourth-order valence-corrected chi connectivity index (χ4v) is 4.00. The normalized spacial score (nSPS) is 14.6. The second-order valence-electron chi connectivity index (χ2n) is 6.79. The minimum Gasteiger partial charge on any atom is -0.288 e. The lowest BCUT2D eigenvalue weighted by atomic mass is 10.1. The number of carbonyl (C=O) groups excluding carboxylic acids is 2. The van der Waals surface area contributed by atoms with Crippen molar-refractivity contribution in [3.05, 3.63) is 76.8 Å². The van der Waals surface area contributed by atoms with E-state index in [1.165, 1.54) is 33.9 Å². The van der Waals surface area contributed by atoms with Gasteiger partial charge in [-0.1, -0.05) is 52.3 Å². The molecule has 2 amide bonds. The molecule has 0 aliphatic carbocycles. The van der Waals surface area contributed by atoms with Crippen molar-refractivity contribution in [2.75, 3.05) is 16.0 Å². The maximum atomic E-state index is 14.3. The van der Waals surface area contributed by atoms with Gasteiger partial charge in [-0.3, -0.25) is 24.3 Å². The number of nitrogens with one attached hydrogen (secondary N) is 1. The van der Waals surface area contributed by atoms with E-state index in [4.69, 9.17) is 16.1 Å². The quantitative estimate of drug-likeness (QED) is 0.421. The summed E-state index contributed by atoms with van der Waals surface area (Å²) in [7, 11) is 0. The lowest BCUT2D eigenvalue weighted by Crippen LogP contribution is -2.33. The van der Waals surface area contributed by atoms with Crippen LogP contribution in [0.15, 0.2) is 69.9 Å². The van der Waals surface area contributed by atoms with E-state index in [9.17, 15) is 14.0 Å². The summed E-state index contributed by atoms with van der Waals surface area (Å²) in [6.45, 7) is 2.48. The minimum absolute atomic E-state index is 0.00739. The number of anilines is 2. The van der Waals surface area contributed by atoms with Crippen molar-refractivity contribution in [3.8, 4) is 0 Å². The molecule has 0 saturated carbocycles. The highest BCUT2D eigenvalue weighted by Gasteiger charge is 2.32. The maximum absolute atomic E-state index is 14.3. The predicted octanol–water partition coefficient (Wildman–Crippen LogP) is 3.89. The van der Waals surface area contributed by atoms with Crippen molar-refractivity contribution in [3.63, 3.8) is 0 Å². The summed E-state index contributed by atoms with van der Waals surface area (Å²) in [6.07, 6.45) is 2.87. The number of benzene rings is 2. The van der Waals surface area contributed by atoms with Crippen LogP contribution in [0.1, 0.15) is 12.5 Å². The molecular formula is C22H18ClFN5O3S+. The van der Waals surface area contributed by atoms with Crippen LogP contribution in [0, 0.1) is 5.82 Å². The summed E-state index contributed by atoms with van der Waals surface area (Å²) in [5.41, 5.74) is 0.641. The molecular weight excluding hydrogens is 469 g/mol. The van der Waals surface area contributed by atoms with Gasteiger partial charge in [-0.25, -0.2) is 9.38 Å². The van der Waals surface area contributed by atoms with Gasteiger partial charge in [0, 0.05) is 5.56 Å². The molecule has 0 spiro atoms. The van der Waals surface area contributed by atoms with Crippen LogP contribution in [0.5, 0.6) is 0 Å². The number of nitrogens with zero attached hydrogens (tertiary/aromatic N) is 4. The third-order valence-electron chi connectivity index (χ3n) is 4.55. The van der Waals surface area contributed by atoms with Crippen LogP contribution in [0.25, 0.3) is 6.08 Å². The number of hydrogen-bond donors (Lipinski definition) is 1. The smallest absolute Gasteiger partial charge is 0.288 e. The van der Waals surface area contributed by atoms with Gasteiger partial charge >= 0.3 is 5.88 Å². The topological polar surface area (TPSA) is 91.7 Å². The Morgan fingerprint density at radius 3 is 2.76 bits per heavy atom. The van der Waals surface area contributed by atoms with Crippen molar-refractivity contribution in [1.82, 2.24) is 5.27 Å². The molecule has 0 atom stereocenters. The molecule has 0 radical (unpaired) electrons. The first-order valence-electron chi connectivity index (χ1n) is 9.89. The zero-order valence-electron chi connectivity index (χ0n) is 17.4. The number of hydrogen-bond acceptors (Lipinski definition) is 6. The van der Waals surface area contributed by atoms with Gasteiger partial charge in [-0.15, -0.1) is 0 Å². The summed E-state index contributed by atoms with van der Waals surface area (Å²) in [4.78, 5) is 31.3. The van der Waals surface area contributed by atoms with E-state index in [-0.39, 0.29) is 39.0 Å². The Labute approximate surface area is 197 Å². The van der Waals surface area contributed by atoms with E-state index in [1.807, 2.05) is 13.0 Å². The number of aliphatic imine (C=N–C) groups is 1. The molecule has 0 bridgehead atoms. The number of para-hydroxylation sites is 1. The summed E-state index contributed by atoms with van der Waals surface area (Å²) in [5, 5.41) is 6.79. The Balaban J connectivity index is 1.58. The molecule has 1 N–H and O–H groups in total. The average molecular weight is 487 g/mol. The van der Waals surface area contributed by atoms with Crippen molar-refractivity contribution >= 4 is 58.0 Å². The molecule has 11 heteroatoms. The number of rotatable bonds is 6. The molecule has 168 valence electrons. The zero-order valence-corrected chi connectivity index (χ0v) is 18.9. The summed E-state index contributed by atoms with van der Waals surface area (Å²) in [5.74, 6) is -1.22. The maximum Gasteiger partial charge on any atom is 0.302 e.